The number of primary amides is 1. The molecular weight excluding hydrogens is 358 g/mol. The van der Waals surface area contributed by atoms with Crippen LogP contribution in [0.15, 0.2) is 66.0 Å². The molecule has 0 fully saturated rings. The Balaban J connectivity index is 1.81. The number of nitrogens with two attached hydrogens (primary N) is 1. The molecule has 3 aromatic rings. The molecular formula is C21H21N3O4. The van der Waals surface area contributed by atoms with Crippen LogP contribution in [0.25, 0.3) is 10.8 Å². The number of aliphatic hydroxyl groups is 1. The van der Waals surface area contributed by atoms with Gasteiger partial charge in [-0.3, -0.25) is 9.59 Å². The van der Waals surface area contributed by atoms with Crippen LogP contribution < -0.4 is 16.0 Å². The van der Waals surface area contributed by atoms with Crippen molar-refractivity contribution in [2.75, 3.05) is 6.61 Å². The Kier molecular flexibility index (Phi) is 5.86. The smallest absolute Gasteiger partial charge is 0.274 e. The van der Waals surface area contributed by atoms with Crippen molar-refractivity contribution in [3.63, 3.8) is 0 Å². The Bertz CT molecular complexity index is 1070. The van der Waals surface area contributed by atoms with Crippen molar-refractivity contribution in [1.82, 2.24) is 9.78 Å². The van der Waals surface area contributed by atoms with Crippen molar-refractivity contribution in [1.29, 1.82) is 0 Å². The molecule has 0 aliphatic carbocycles. The van der Waals surface area contributed by atoms with Gasteiger partial charge >= 0.3 is 0 Å². The zero-order chi connectivity index (χ0) is 20.1. The molecule has 0 unspecified atom stereocenters. The second kappa shape index (κ2) is 8.49. The first-order valence-corrected chi connectivity index (χ1v) is 8.80. The maximum atomic E-state index is 12.6. The molecule has 3 N–H and O–H groups in total. The maximum absolute atomic E-state index is 12.6. The Morgan fingerprint density at radius 1 is 1.21 bits per heavy atom. The summed E-state index contributed by atoms with van der Waals surface area (Å²) in [6.45, 7) is 3.54. The average molecular weight is 379 g/mol. The van der Waals surface area contributed by atoms with Crippen LogP contribution in [0.2, 0.25) is 0 Å². The van der Waals surface area contributed by atoms with Crippen LogP contribution in [-0.4, -0.2) is 33.5 Å². The fraction of sp³-hybridized carbons (Fsp3) is 0.190. The third-order valence-electron chi connectivity index (χ3n) is 4.25. The summed E-state index contributed by atoms with van der Waals surface area (Å²) in [4.78, 5) is 24.4. The molecule has 0 aliphatic rings. The molecule has 7 heteroatoms. The van der Waals surface area contributed by atoms with Gasteiger partial charge in [0.05, 0.1) is 11.9 Å². The second-order valence-corrected chi connectivity index (χ2v) is 6.31. The van der Waals surface area contributed by atoms with E-state index in [1.54, 1.807) is 36.4 Å². The molecule has 2 aromatic carbocycles. The largest absolute Gasteiger partial charge is 0.491 e. The van der Waals surface area contributed by atoms with Crippen molar-refractivity contribution in [2.24, 2.45) is 5.73 Å². The van der Waals surface area contributed by atoms with Crippen LogP contribution in [0.4, 0.5) is 0 Å². The highest BCUT2D eigenvalue weighted by molar-refractivity contribution is 6.03. The molecule has 144 valence electrons. The van der Waals surface area contributed by atoms with Crippen molar-refractivity contribution in [3.05, 3.63) is 82.8 Å². The lowest BCUT2D eigenvalue weighted by Crippen LogP contribution is -2.34. The van der Waals surface area contributed by atoms with Crippen LogP contribution in [0.1, 0.15) is 16.1 Å². The molecule has 7 nitrogen and oxygen atoms in total. The Labute approximate surface area is 161 Å². The van der Waals surface area contributed by atoms with Crippen molar-refractivity contribution < 1.29 is 14.6 Å². The maximum Gasteiger partial charge on any atom is 0.274 e. The fourth-order valence-corrected chi connectivity index (χ4v) is 2.95. The van der Waals surface area contributed by atoms with Crippen molar-refractivity contribution in [3.8, 4) is 5.75 Å². The van der Waals surface area contributed by atoms with E-state index in [-0.39, 0.29) is 18.8 Å². The van der Waals surface area contributed by atoms with Crippen molar-refractivity contribution >= 4 is 16.7 Å². The zero-order valence-corrected chi connectivity index (χ0v) is 15.2. The molecule has 0 spiro atoms. The number of carbonyl (C=O) groups excluding carboxylic acids is 1. The van der Waals surface area contributed by atoms with E-state index in [0.29, 0.717) is 22.9 Å². The molecule has 0 saturated carbocycles. The summed E-state index contributed by atoms with van der Waals surface area (Å²) in [6.07, 6.45) is 1.39. The minimum Gasteiger partial charge on any atom is -0.491 e. The number of hydrogen-bond donors (Lipinski definition) is 2. The molecule has 3 rings (SSSR count). The number of carbonyl (C=O) groups is 1. The number of aromatic nitrogens is 2. The molecule has 0 bridgehead atoms. The second-order valence-electron chi connectivity index (χ2n) is 6.31. The first-order valence-electron chi connectivity index (χ1n) is 8.80. The van der Waals surface area contributed by atoms with Gasteiger partial charge in [0.1, 0.15) is 18.5 Å². The summed E-state index contributed by atoms with van der Waals surface area (Å²) in [5, 5.41) is 15.1. The zero-order valence-electron chi connectivity index (χ0n) is 15.2. The quantitative estimate of drug-likeness (QED) is 0.579. The Hall–Kier alpha value is -3.45. The first kappa shape index (κ1) is 19.3. The monoisotopic (exact) mass is 379 g/mol. The number of aliphatic hydroxyl groups excluding tert-OH is 1. The molecule has 0 radical (unpaired) electrons. The summed E-state index contributed by atoms with van der Waals surface area (Å²) in [5.74, 6) is -0.105. The van der Waals surface area contributed by atoms with Crippen LogP contribution in [0.3, 0.4) is 0 Å². The number of fused-ring (bicyclic) bond motifs is 1. The fourth-order valence-electron chi connectivity index (χ4n) is 2.95. The predicted octanol–water partition coefficient (Wildman–Crippen LogP) is 1.66. The number of para-hydroxylation sites is 1. The molecule has 1 amide bonds. The molecule has 1 atom stereocenters. The molecule has 1 aromatic heterocycles. The predicted molar refractivity (Wildman–Crippen MR) is 106 cm³/mol. The number of benzene rings is 2. The minimum atomic E-state index is -1.01. The highest BCUT2D eigenvalue weighted by atomic mass is 16.5. The number of allylic oxidation sites excluding steroid dienone is 1. The number of hydrogen-bond acceptors (Lipinski definition) is 5. The van der Waals surface area contributed by atoms with E-state index in [4.69, 9.17) is 10.5 Å². The van der Waals surface area contributed by atoms with E-state index in [0.717, 1.165) is 10.2 Å². The minimum absolute atomic E-state index is 0.0142. The van der Waals surface area contributed by atoms with E-state index >= 15 is 0 Å². The summed E-state index contributed by atoms with van der Waals surface area (Å²) in [5.41, 5.74) is 5.92. The average Bonchev–Trinajstić information content (AvgIpc) is 2.69. The number of rotatable bonds is 8. The summed E-state index contributed by atoms with van der Waals surface area (Å²) < 4.78 is 6.74. The number of amides is 1. The molecule has 0 saturated heterocycles. The summed E-state index contributed by atoms with van der Waals surface area (Å²) in [7, 11) is 0. The van der Waals surface area contributed by atoms with Gasteiger partial charge in [0.15, 0.2) is 5.69 Å². The first-order chi connectivity index (χ1) is 13.5. The lowest BCUT2D eigenvalue weighted by Gasteiger charge is -2.16. The highest BCUT2D eigenvalue weighted by Crippen LogP contribution is 2.19. The van der Waals surface area contributed by atoms with Crippen molar-refractivity contribution in [2.45, 2.75) is 19.1 Å². The third-order valence-corrected chi connectivity index (χ3v) is 4.25. The number of ether oxygens (including phenoxy) is 1. The standard InChI is InChI=1S/C21H21N3O4/c1-2-7-14-8-3-6-11-18(14)28-13-15(25)12-24-21(27)17-10-5-4-9-16(17)19(23-24)20(22)26/h2-6,8-11,15,25H,1,7,12-13H2,(H2,22,26)/t15-/m0/s1. The number of nitrogens with zero attached hydrogens (tertiary/aromatic N) is 2. The van der Waals surface area contributed by atoms with Crippen LogP contribution in [0.5, 0.6) is 5.75 Å². The summed E-state index contributed by atoms with van der Waals surface area (Å²) >= 11 is 0. The van der Waals surface area contributed by atoms with Gasteiger partial charge < -0.3 is 15.6 Å². The van der Waals surface area contributed by atoms with Gasteiger partial charge in [-0.1, -0.05) is 42.5 Å². The normalized spacial score (nSPS) is 11.9. The van der Waals surface area contributed by atoms with E-state index < -0.39 is 17.6 Å². The van der Waals surface area contributed by atoms with Gasteiger partial charge in [-0.15, -0.1) is 6.58 Å². The van der Waals surface area contributed by atoms with E-state index in [1.165, 1.54) is 0 Å². The highest BCUT2D eigenvalue weighted by Gasteiger charge is 2.16. The molecule has 0 aliphatic heterocycles. The molecule has 1 heterocycles. The lowest BCUT2D eigenvalue weighted by atomic mass is 10.1. The Morgan fingerprint density at radius 3 is 2.61 bits per heavy atom. The SMILES string of the molecule is C=CCc1ccccc1OC[C@@H](O)Cn1nc(C(N)=O)c2ccccc2c1=O. The van der Waals surface area contributed by atoms with Gasteiger partial charge in [-0.2, -0.15) is 5.10 Å². The van der Waals surface area contributed by atoms with E-state index in [2.05, 4.69) is 11.7 Å². The third kappa shape index (κ3) is 4.10. The Morgan fingerprint density at radius 2 is 1.89 bits per heavy atom. The van der Waals surface area contributed by atoms with Crippen LogP contribution >= 0.6 is 0 Å². The van der Waals surface area contributed by atoms with Gasteiger partial charge in [0, 0.05) is 5.39 Å². The summed E-state index contributed by atoms with van der Waals surface area (Å²) in [6, 6.07) is 14.0. The van der Waals surface area contributed by atoms with Crippen LogP contribution in [0, 0.1) is 0 Å². The van der Waals surface area contributed by atoms with Crippen LogP contribution in [-0.2, 0) is 13.0 Å². The van der Waals surface area contributed by atoms with Gasteiger partial charge in [-0.25, -0.2) is 4.68 Å². The van der Waals surface area contributed by atoms with Gasteiger partial charge in [-0.05, 0) is 24.1 Å². The van der Waals surface area contributed by atoms with E-state index in [1.807, 2.05) is 18.2 Å². The lowest BCUT2D eigenvalue weighted by molar-refractivity contribution is 0.0867. The van der Waals surface area contributed by atoms with Gasteiger partial charge in [0.25, 0.3) is 11.5 Å². The topological polar surface area (TPSA) is 107 Å². The van der Waals surface area contributed by atoms with E-state index in [9.17, 15) is 14.7 Å². The van der Waals surface area contributed by atoms with Gasteiger partial charge in [0.2, 0.25) is 0 Å². The molecule has 28 heavy (non-hydrogen) atoms.